The molecule has 0 radical (unpaired) electrons. The summed E-state index contributed by atoms with van der Waals surface area (Å²) in [5.41, 5.74) is 0.865. The van der Waals surface area contributed by atoms with Crippen molar-refractivity contribution in [3.05, 3.63) is 23.2 Å². The zero-order valence-corrected chi connectivity index (χ0v) is 9.58. The number of aromatic hydroxyl groups is 1. The van der Waals surface area contributed by atoms with Crippen LogP contribution >= 0.6 is 11.3 Å². The summed E-state index contributed by atoms with van der Waals surface area (Å²) in [5, 5.41) is 20.9. The van der Waals surface area contributed by atoms with E-state index in [-0.39, 0.29) is 12.2 Å². The molecule has 0 saturated carbocycles. The smallest absolute Gasteiger partial charge is 0.235 e. The first kappa shape index (κ1) is 10.9. The predicted molar refractivity (Wildman–Crippen MR) is 58.0 cm³/mol. The van der Waals surface area contributed by atoms with Gasteiger partial charge in [-0.25, -0.2) is 0 Å². The molecule has 0 aliphatic rings. The molecule has 1 aromatic carbocycles. The average Bonchev–Trinajstić information content (AvgIpc) is 2.51. The highest BCUT2D eigenvalue weighted by atomic mass is 32.1. The van der Waals surface area contributed by atoms with E-state index in [0.29, 0.717) is 6.54 Å². The Kier molecular flexibility index (Phi) is 2.78. The van der Waals surface area contributed by atoms with Crippen LogP contribution in [0, 0.1) is 6.92 Å². The summed E-state index contributed by atoms with van der Waals surface area (Å²) < 4.78 is 2.92. The molecule has 0 aliphatic heterocycles. The number of carbonyl (C=O) groups excluding carboxylic acids is 1. The zero-order valence-electron chi connectivity index (χ0n) is 8.77. The Balaban J connectivity index is 2.45. The Bertz CT molecular complexity index is 547. The summed E-state index contributed by atoms with van der Waals surface area (Å²) in [6.07, 6.45) is -0.0208. The highest BCUT2D eigenvalue weighted by Crippen LogP contribution is 2.23. The van der Waals surface area contributed by atoms with Crippen LogP contribution in [-0.2, 0) is 11.3 Å². The quantitative estimate of drug-likeness (QED) is 0.783. The molecule has 1 heterocycles. The second-order valence-electron chi connectivity index (χ2n) is 3.55. The van der Waals surface area contributed by atoms with E-state index < -0.39 is 5.97 Å². The topological polar surface area (TPSA) is 64.2 Å². The van der Waals surface area contributed by atoms with Crippen LogP contribution in [0.4, 0.5) is 0 Å². The van der Waals surface area contributed by atoms with Crippen LogP contribution in [0.15, 0.2) is 18.2 Å². The van der Waals surface area contributed by atoms with E-state index in [0.717, 1.165) is 15.2 Å². The standard InChI is InChI=1S/C11H11NO3S/c1-7-12(5-4-11(14)15)9-6-8(13)2-3-10(9)16-7/h2-3,6H,4-5H2,1H3,(H-,13,14,15). The number of fused-ring (bicyclic) bond motifs is 1. The number of carboxylic acids is 1. The third kappa shape index (κ3) is 1.99. The Hall–Kier alpha value is -1.62. The normalized spacial score (nSPS) is 10.8. The van der Waals surface area contributed by atoms with Crippen LogP contribution in [0.3, 0.4) is 0 Å². The number of phenols is 1. The summed E-state index contributed by atoms with van der Waals surface area (Å²) in [5.74, 6) is -0.876. The Morgan fingerprint density at radius 1 is 1.56 bits per heavy atom. The van der Waals surface area contributed by atoms with Crippen molar-refractivity contribution in [1.82, 2.24) is 0 Å². The van der Waals surface area contributed by atoms with Crippen LogP contribution in [0.1, 0.15) is 11.4 Å². The third-order valence-corrected chi connectivity index (χ3v) is 3.49. The molecule has 0 unspecified atom stereocenters. The number of aryl methyl sites for hydroxylation is 2. The van der Waals surface area contributed by atoms with Gasteiger partial charge < -0.3 is 15.0 Å². The maximum absolute atomic E-state index is 10.4. The lowest BCUT2D eigenvalue weighted by atomic mass is 10.3. The van der Waals surface area contributed by atoms with Gasteiger partial charge in [-0.05, 0) is 12.1 Å². The molecule has 0 aliphatic carbocycles. The summed E-state index contributed by atoms with van der Waals surface area (Å²) in [6, 6.07) is 5.10. The zero-order chi connectivity index (χ0) is 11.7. The first-order chi connectivity index (χ1) is 7.58. The minimum Gasteiger partial charge on any atom is -0.550 e. The van der Waals surface area contributed by atoms with E-state index in [1.807, 2.05) is 17.6 Å². The van der Waals surface area contributed by atoms with Crippen molar-refractivity contribution in [1.29, 1.82) is 0 Å². The van der Waals surface area contributed by atoms with E-state index in [1.54, 1.807) is 23.5 Å². The molecule has 0 bridgehead atoms. The van der Waals surface area contributed by atoms with Crippen LogP contribution in [0.25, 0.3) is 10.2 Å². The maximum Gasteiger partial charge on any atom is 0.235 e. The number of hydrogen-bond acceptors (Lipinski definition) is 4. The third-order valence-electron chi connectivity index (χ3n) is 2.41. The molecule has 2 aromatic rings. The van der Waals surface area contributed by atoms with E-state index >= 15 is 0 Å². The molecule has 0 saturated heterocycles. The van der Waals surface area contributed by atoms with Gasteiger partial charge in [-0.2, -0.15) is 4.57 Å². The van der Waals surface area contributed by atoms with Crippen molar-refractivity contribution < 1.29 is 19.6 Å². The van der Waals surface area contributed by atoms with Gasteiger partial charge in [0, 0.05) is 19.3 Å². The van der Waals surface area contributed by atoms with Crippen molar-refractivity contribution >= 4 is 27.5 Å². The maximum atomic E-state index is 10.4. The number of aromatic nitrogens is 1. The highest BCUT2D eigenvalue weighted by Gasteiger charge is 2.17. The van der Waals surface area contributed by atoms with Crippen LogP contribution in [0.5, 0.6) is 5.75 Å². The van der Waals surface area contributed by atoms with Gasteiger partial charge in [0.25, 0.3) is 0 Å². The number of aliphatic carboxylic acids is 1. The molecule has 0 amide bonds. The lowest BCUT2D eigenvalue weighted by Crippen LogP contribution is -2.38. The van der Waals surface area contributed by atoms with Crippen LogP contribution < -0.4 is 9.67 Å². The van der Waals surface area contributed by atoms with E-state index in [2.05, 4.69) is 0 Å². The number of carboxylic acid groups (broad SMARTS) is 1. The SMILES string of the molecule is Cc1sc2ccc(O)cc2[n+]1CCC(=O)[O-]. The number of phenolic OH excluding ortho intramolecular Hbond substituents is 1. The van der Waals surface area contributed by atoms with Crippen molar-refractivity contribution in [2.24, 2.45) is 0 Å². The number of benzene rings is 1. The van der Waals surface area contributed by atoms with Gasteiger partial charge in [-0.1, -0.05) is 11.3 Å². The van der Waals surface area contributed by atoms with E-state index in [9.17, 15) is 15.0 Å². The molecule has 0 atom stereocenters. The second kappa shape index (κ2) is 4.09. The summed E-state index contributed by atoms with van der Waals surface area (Å²) in [4.78, 5) is 10.4. The Morgan fingerprint density at radius 3 is 3.00 bits per heavy atom. The lowest BCUT2D eigenvalue weighted by Gasteiger charge is -1.98. The first-order valence-electron chi connectivity index (χ1n) is 4.90. The van der Waals surface area contributed by atoms with Crippen molar-refractivity contribution in [2.45, 2.75) is 19.9 Å². The van der Waals surface area contributed by atoms with Crippen LogP contribution in [-0.4, -0.2) is 11.1 Å². The highest BCUT2D eigenvalue weighted by molar-refractivity contribution is 7.18. The lowest BCUT2D eigenvalue weighted by molar-refractivity contribution is -0.672. The number of hydrogen-bond donors (Lipinski definition) is 1. The Labute approximate surface area is 96.4 Å². The van der Waals surface area contributed by atoms with Gasteiger partial charge in [0.15, 0.2) is 6.54 Å². The van der Waals surface area contributed by atoms with Gasteiger partial charge in [0.1, 0.15) is 10.4 Å². The van der Waals surface area contributed by atoms with Crippen LogP contribution in [0.2, 0.25) is 0 Å². The van der Waals surface area contributed by atoms with Gasteiger partial charge in [0.2, 0.25) is 10.5 Å². The monoisotopic (exact) mass is 237 g/mol. The van der Waals surface area contributed by atoms with Crippen molar-refractivity contribution in [3.63, 3.8) is 0 Å². The fourth-order valence-electron chi connectivity index (χ4n) is 1.67. The molecular formula is C11H11NO3S. The molecule has 2 rings (SSSR count). The molecule has 5 heteroatoms. The fraction of sp³-hybridized carbons (Fsp3) is 0.273. The predicted octanol–water partition coefficient (Wildman–Crippen LogP) is 0.343. The molecule has 1 aromatic heterocycles. The van der Waals surface area contributed by atoms with E-state index in [1.165, 1.54) is 0 Å². The molecule has 16 heavy (non-hydrogen) atoms. The number of rotatable bonds is 3. The molecular weight excluding hydrogens is 226 g/mol. The van der Waals surface area contributed by atoms with Crippen molar-refractivity contribution in [2.75, 3.05) is 0 Å². The number of thiazole rings is 1. The summed E-state index contributed by atoms with van der Waals surface area (Å²) >= 11 is 1.58. The molecule has 0 fully saturated rings. The Morgan fingerprint density at radius 2 is 2.31 bits per heavy atom. The number of nitrogens with zero attached hydrogens (tertiary/aromatic N) is 1. The molecule has 1 N–H and O–H groups in total. The fourth-order valence-corrected chi connectivity index (χ4v) is 2.70. The van der Waals surface area contributed by atoms with Gasteiger partial charge in [-0.3, -0.25) is 0 Å². The van der Waals surface area contributed by atoms with Crippen molar-refractivity contribution in [3.8, 4) is 5.75 Å². The van der Waals surface area contributed by atoms with Gasteiger partial charge in [-0.15, -0.1) is 0 Å². The summed E-state index contributed by atoms with van der Waals surface area (Å²) in [6.45, 7) is 2.30. The van der Waals surface area contributed by atoms with E-state index in [4.69, 9.17) is 0 Å². The second-order valence-corrected chi connectivity index (χ2v) is 4.78. The first-order valence-corrected chi connectivity index (χ1v) is 5.71. The summed E-state index contributed by atoms with van der Waals surface area (Å²) in [7, 11) is 0. The molecule has 4 nitrogen and oxygen atoms in total. The van der Waals surface area contributed by atoms with Gasteiger partial charge >= 0.3 is 0 Å². The molecule has 0 spiro atoms. The molecule has 84 valence electrons. The average molecular weight is 237 g/mol. The van der Waals surface area contributed by atoms with Gasteiger partial charge in [0.05, 0.1) is 6.07 Å². The minimum absolute atomic E-state index is 0.0208. The number of carbonyl (C=O) groups is 1. The largest absolute Gasteiger partial charge is 0.550 e. The minimum atomic E-state index is -1.06.